The van der Waals surface area contributed by atoms with Crippen LogP contribution >= 0.6 is 46.4 Å². The van der Waals surface area contributed by atoms with Gasteiger partial charge in [0, 0.05) is 109 Å². The number of hydrogen-bond donors (Lipinski definition) is 3. The maximum absolute atomic E-state index is 13.3. The number of amides is 1. The second-order valence-electron chi connectivity index (χ2n) is 15.2. The molecule has 3 aliphatic heterocycles. The van der Waals surface area contributed by atoms with Crippen LogP contribution in [0, 0.1) is 0 Å². The van der Waals surface area contributed by atoms with Crippen molar-refractivity contribution in [1.29, 1.82) is 0 Å². The van der Waals surface area contributed by atoms with E-state index in [1.807, 2.05) is 53.4 Å². The van der Waals surface area contributed by atoms with Gasteiger partial charge in [0.25, 0.3) is 5.91 Å². The largest absolute Gasteiger partial charge is 0.497 e. The Kier molecular flexibility index (Phi) is 13.6. The summed E-state index contributed by atoms with van der Waals surface area (Å²) in [4.78, 5) is 42.6. The van der Waals surface area contributed by atoms with E-state index in [9.17, 15) is 14.7 Å². The van der Waals surface area contributed by atoms with Gasteiger partial charge in [-0.15, -0.1) is 0 Å². The first-order valence-corrected chi connectivity index (χ1v) is 21.9. The van der Waals surface area contributed by atoms with Crippen LogP contribution in [0.15, 0.2) is 109 Å². The molecule has 12 nitrogen and oxygen atoms in total. The van der Waals surface area contributed by atoms with Gasteiger partial charge in [-0.25, -0.2) is 14.8 Å². The Hall–Kier alpha value is -5.92. The van der Waals surface area contributed by atoms with Gasteiger partial charge in [0.15, 0.2) is 0 Å². The summed E-state index contributed by atoms with van der Waals surface area (Å²) in [5, 5.41) is 18.7. The predicted octanol–water partition coefficient (Wildman–Crippen LogP) is 9.98. The van der Waals surface area contributed by atoms with Crippen molar-refractivity contribution in [2.24, 2.45) is 0 Å². The zero-order valence-electron chi connectivity index (χ0n) is 34.3. The summed E-state index contributed by atoms with van der Waals surface area (Å²) in [5.41, 5.74) is 7.03. The van der Waals surface area contributed by atoms with E-state index in [-0.39, 0.29) is 11.5 Å². The Morgan fingerprint density at radius 1 is 0.683 bits per heavy atom. The number of halogens is 4. The smallest absolute Gasteiger partial charge is 0.336 e. The second-order valence-corrected chi connectivity index (χ2v) is 16.9. The van der Waals surface area contributed by atoms with Crippen LogP contribution in [0.5, 0.6) is 5.75 Å². The molecule has 1 amide bonds. The summed E-state index contributed by atoms with van der Waals surface area (Å²) >= 11 is 25.1. The van der Waals surface area contributed by atoms with Crippen molar-refractivity contribution >= 4 is 87.0 Å². The van der Waals surface area contributed by atoms with Crippen molar-refractivity contribution in [3.05, 3.63) is 152 Å². The van der Waals surface area contributed by atoms with Gasteiger partial charge >= 0.3 is 5.97 Å². The predicted molar refractivity (Wildman–Crippen MR) is 254 cm³/mol. The quantitative estimate of drug-likeness (QED) is 0.128. The number of ether oxygens (including phenoxy) is 1. The number of aromatic carboxylic acids is 1. The van der Waals surface area contributed by atoms with Gasteiger partial charge in [-0.2, -0.15) is 0 Å². The number of piperazine rings is 1. The number of carbonyl (C=O) groups is 2. The lowest BCUT2D eigenvalue weighted by Gasteiger charge is -2.36. The third kappa shape index (κ3) is 10.2. The highest BCUT2D eigenvalue weighted by atomic mass is 35.5. The van der Waals surface area contributed by atoms with Crippen molar-refractivity contribution in [3.63, 3.8) is 0 Å². The van der Waals surface area contributed by atoms with E-state index in [2.05, 4.69) is 47.4 Å². The number of nitrogens with zero attached hydrogens (tertiary/aromatic N) is 6. The fraction of sp³-hybridized carbons (Fsp3) is 0.234. The molecule has 0 bridgehead atoms. The Balaban J connectivity index is 0.000000177. The normalized spacial score (nSPS) is 14.4. The summed E-state index contributed by atoms with van der Waals surface area (Å²) in [7, 11) is 1.66. The summed E-state index contributed by atoms with van der Waals surface area (Å²) in [6.45, 7) is 7.09. The van der Waals surface area contributed by atoms with Gasteiger partial charge in [-0.05, 0) is 95.6 Å². The third-order valence-electron chi connectivity index (χ3n) is 11.2. The average molecular weight is 927 g/mol. The van der Waals surface area contributed by atoms with Gasteiger partial charge in [-0.1, -0.05) is 64.6 Å². The first kappa shape index (κ1) is 43.7. The number of fused-ring (bicyclic) bond motifs is 2. The number of hydrogen-bond acceptors (Lipinski definition) is 10. The van der Waals surface area contributed by atoms with Crippen molar-refractivity contribution in [3.8, 4) is 16.9 Å². The molecule has 3 aliphatic rings. The molecule has 0 unspecified atom stereocenters. The van der Waals surface area contributed by atoms with E-state index < -0.39 is 5.97 Å². The highest BCUT2D eigenvalue weighted by Gasteiger charge is 2.26. The molecule has 16 heteroatoms. The molecule has 0 spiro atoms. The van der Waals surface area contributed by atoms with Crippen molar-refractivity contribution in [2.75, 3.05) is 84.8 Å². The minimum absolute atomic E-state index is 0.000919. The summed E-state index contributed by atoms with van der Waals surface area (Å²) in [5.74, 6) is 1.41. The molecule has 5 heterocycles. The molecule has 9 rings (SSSR count). The number of methoxy groups -OCH3 is 1. The molecule has 324 valence electrons. The highest BCUT2D eigenvalue weighted by molar-refractivity contribution is 6.34. The van der Waals surface area contributed by atoms with Crippen LogP contribution in [-0.2, 0) is 13.1 Å². The molecule has 1 fully saturated rings. The van der Waals surface area contributed by atoms with Crippen LogP contribution in [0.1, 0.15) is 31.8 Å². The maximum atomic E-state index is 13.3. The summed E-state index contributed by atoms with van der Waals surface area (Å²) in [6, 6.07) is 29.8. The first-order valence-electron chi connectivity index (χ1n) is 20.4. The molecular weight excluding hydrogens is 882 g/mol. The van der Waals surface area contributed by atoms with E-state index in [0.29, 0.717) is 57.4 Å². The van der Waals surface area contributed by atoms with Crippen molar-refractivity contribution in [1.82, 2.24) is 14.9 Å². The van der Waals surface area contributed by atoms with Gasteiger partial charge in [0.2, 0.25) is 0 Å². The standard InChI is InChI=1S/C26H27Cl2N5O2.C21H17Cl2N3O2/c1-35-22-5-3-21(4-6-22)31-10-12-32(13-11-31)26(34)18-15-24-25(30-16-18)29-8-9-33(24)17-19-14-20(27)2-7-23(19)28;22-15-5-6-18(23)14(9-15)12-26-8-7-24-20-19(26)10-13(11-25-20)16-3-1-2-4-17(16)21(27)28/h2-7,14-16H,8-13,17H2,1H3,(H,29,30);1-6,9-11H,7-8,12H2,(H,24,25)(H,27,28). The summed E-state index contributed by atoms with van der Waals surface area (Å²) < 4.78 is 5.25. The molecule has 0 saturated carbocycles. The van der Waals surface area contributed by atoms with Crippen molar-refractivity contribution in [2.45, 2.75) is 13.1 Å². The maximum Gasteiger partial charge on any atom is 0.336 e. The van der Waals surface area contributed by atoms with Crippen LogP contribution in [0.2, 0.25) is 20.1 Å². The summed E-state index contributed by atoms with van der Waals surface area (Å²) in [6.07, 6.45) is 3.36. The van der Waals surface area contributed by atoms with E-state index in [1.165, 1.54) is 0 Å². The third-order valence-corrected chi connectivity index (χ3v) is 12.4. The minimum atomic E-state index is -0.964. The number of rotatable bonds is 9. The lowest BCUT2D eigenvalue weighted by atomic mass is 10.0. The zero-order chi connectivity index (χ0) is 44.0. The second kappa shape index (κ2) is 19.6. The fourth-order valence-corrected chi connectivity index (χ4v) is 8.66. The topological polar surface area (TPSA) is 126 Å². The number of carbonyl (C=O) groups excluding carboxylic acids is 1. The van der Waals surface area contributed by atoms with Gasteiger partial charge < -0.3 is 40.1 Å². The van der Waals surface area contributed by atoms with Crippen molar-refractivity contribution < 1.29 is 19.4 Å². The molecule has 3 N–H and O–H groups in total. The number of pyridine rings is 2. The van der Waals surface area contributed by atoms with Gasteiger partial charge in [0.05, 0.1) is 29.6 Å². The number of aromatic nitrogens is 2. The molecule has 4 aromatic carbocycles. The van der Waals surface area contributed by atoms with E-state index >= 15 is 0 Å². The number of benzene rings is 4. The lowest BCUT2D eigenvalue weighted by Crippen LogP contribution is -2.48. The van der Waals surface area contributed by atoms with Crippen LogP contribution in [-0.4, -0.2) is 91.3 Å². The number of carboxylic acid groups (broad SMARTS) is 1. The van der Waals surface area contributed by atoms with Gasteiger partial charge in [-0.3, -0.25) is 4.79 Å². The van der Waals surface area contributed by atoms with E-state index in [1.54, 1.807) is 55.9 Å². The number of anilines is 5. The highest BCUT2D eigenvalue weighted by Crippen LogP contribution is 2.36. The lowest BCUT2D eigenvalue weighted by molar-refractivity contribution is 0.0696. The van der Waals surface area contributed by atoms with E-state index in [4.69, 9.17) is 51.1 Å². The molecule has 0 atom stereocenters. The van der Waals surface area contributed by atoms with E-state index in [0.717, 1.165) is 90.4 Å². The minimum Gasteiger partial charge on any atom is -0.497 e. The van der Waals surface area contributed by atoms with Crippen LogP contribution < -0.4 is 30.1 Å². The Bertz CT molecular complexity index is 2630. The monoisotopic (exact) mass is 924 g/mol. The zero-order valence-corrected chi connectivity index (χ0v) is 37.4. The van der Waals surface area contributed by atoms with Gasteiger partial charge in [0.1, 0.15) is 17.4 Å². The Labute approximate surface area is 385 Å². The SMILES string of the molecule is COc1ccc(N2CCN(C(=O)c3cnc4c(c3)N(Cc3cc(Cl)ccc3Cl)CCN4)CC2)cc1.O=C(O)c1ccccc1-c1cnc2c(c1)N(Cc1cc(Cl)ccc1Cl)CCN2. The average Bonchev–Trinajstić information content (AvgIpc) is 3.31. The Morgan fingerprint density at radius 2 is 1.25 bits per heavy atom. The molecule has 63 heavy (non-hydrogen) atoms. The molecular formula is C47H44Cl4N8O4. The first-order chi connectivity index (χ1) is 30.5. The molecule has 0 radical (unpaired) electrons. The van der Waals surface area contributed by atoms with Crippen LogP contribution in [0.25, 0.3) is 11.1 Å². The van der Waals surface area contributed by atoms with Crippen LogP contribution in [0.3, 0.4) is 0 Å². The van der Waals surface area contributed by atoms with Crippen LogP contribution in [0.4, 0.5) is 28.7 Å². The molecule has 2 aromatic heterocycles. The number of carboxylic acids is 1. The number of nitrogens with one attached hydrogen (secondary N) is 2. The molecule has 1 saturated heterocycles. The molecule has 0 aliphatic carbocycles. The Morgan fingerprint density at radius 3 is 1.84 bits per heavy atom. The molecule has 6 aromatic rings. The fourth-order valence-electron chi connectivity index (χ4n) is 7.92.